The first kappa shape index (κ1) is 10.9. The Kier molecular flexibility index (Phi) is 6.56. The molecule has 1 unspecified atom stereocenters. The second-order valence-corrected chi connectivity index (χ2v) is 2.88. The first-order valence-corrected chi connectivity index (χ1v) is 4.72. The number of hydrogen-bond donors (Lipinski definition) is 1. The van der Waals surface area contributed by atoms with Crippen molar-refractivity contribution in [2.24, 2.45) is 0 Å². The molecule has 0 radical (unpaired) electrons. The van der Waals surface area contributed by atoms with E-state index < -0.39 is 6.10 Å². The van der Waals surface area contributed by atoms with E-state index in [9.17, 15) is 4.79 Å². The predicted molar refractivity (Wildman–Crippen MR) is 45.7 cm³/mol. The molecule has 0 amide bonds. The molecule has 0 aliphatic heterocycles. The summed E-state index contributed by atoms with van der Waals surface area (Å²) in [7, 11) is 0. The Hall–Kier alpha value is -0.0900. The normalized spacial score (nSPS) is 12.6. The minimum atomic E-state index is -0.626. The molecule has 1 N–H and O–H groups in total. The van der Waals surface area contributed by atoms with Crippen molar-refractivity contribution in [1.82, 2.24) is 0 Å². The zero-order chi connectivity index (χ0) is 8.69. The molecule has 11 heavy (non-hydrogen) atoms. The van der Waals surface area contributed by atoms with Gasteiger partial charge in [0.25, 0.3) is 0 Å². The van der Waals surface area contributed by atoms with Crippen molar-refractivity contribution in [2.75, 3.05) is 11.9 Å². The third-order valence-corrected chi connectivity index (χ3v) is 1.79. The highest BCUT2D eigenvalue weighted by atomic mass is 79.9. The van der Waals surface area contributed by atoms with Crippen molar-refractivity contribution in [3.8, 4) is 0 Å². The maximum atomic E-state index is 10.8. The average Bonchev–Trinajstić information content (AvgIpc) is 2.00. The van der Waals surface area contributed by atoms with Crippen molar-refractivity contribution in [3.63, 3.8) is 0 Å². The molecule has 66 valence electrons. The molecule has 0 fully saturated rings. The van der Waals surface area contributed by atoms with E-state index in [-0.39, 0.29) is 12.4 Å². The van der Waals surface area contributed by atoms with Crippen LogP contribution in [0.25, 0.3) is 0 Å². The van der Waals surface area contributed by atoms with Crippen molar-refractivity contribution >= 4 is 21.9 Å². The van der Waals surface area contributed by atoms with Gasteiger partial charge in [-0.05, 0) is 6.42 Å². The summed E-state index contributed by atoms with van der Waals surface area (Å²) < 4.78 is 4.74. The van der Waals surface area contributed by atoms with Gasteiger partial charge in [-0.25, -0.2) is 0 Å². The first-order chi connectivity index (χ1) is 5.20. The summed E-state index contributed by atoms with van der Waals surface area (Å²) in [6, 6.07) is 0. The van der Waals surface area contributed by atoms with E-state index in [2.05, 4.69) is 15.9 Å². The average molecular weight is 225 g/mol. The summed E-state index contributed by atoms with van der Waals surface area (Å²) in [5, 5.41) is 9.39. The molecule has 0 bridgehead atoms. The van der Waals surface area contributed by atoms with E-state index in [1.54, 1.807) is 0 Å². The Labute approximate surface area is 74.9 Å². The molecule has 1 atom stereocenters. The lowest BCUT2D eigenvalue weighted by Crippen LogP contribution is -2.16. The van der Waals surface area contributed by atoms with Crippen LogP contribution in [-0.2, 0) is 9.53 Å². The highest BCUT2D eigenvalue weighted by Gasteiger charge is 2.09. The van der Waals surface area contributed by atoms with Crippen LogP contribution < -0.4 is 0 Å². The van der Waals surface area contributed by atoms with Crippen LogP contribution in [0.3, 0.4) is 0 Å². The maximum absolute atomic E-state index is 10.8. The number of esters is 1. The summed E-state index contributed by atoms with van der Waals surface area (Å²) in [6.07, 6.45) is 0.265. The fraction of sp³-hybridized carbons (Fsp3) is 0.857. The molecule has 0 spiro atoms. The molecular weight excluding hydrogens is 212 g/mol. The molecule has 0 heterocycles. The fourth-order valence-electron chi connectivity index (χ4n) is 0.522. The van der Waals surface area contributed by atoms with Gasteiger partial charge in [-0.1, -0.05) is 22.9 Å². The molecule has 0 rings (SSSR count). The fourth-order valence-corrected chi connectivity index (χ4v) is 0.751. The van der Waals surface area contributed by atoms with E-state index >= 15 is 0 Å². The van der Waals surface area contributed by atoms with E-state index in [1.807, 2.05) is 6.92 Å². The molecule has 3 nitrogen and oxygen atoms in total. The number of alkyl halides is 1. The Morgan fingerprint density at radius 1 is 1.73 bits per heavy atom. The topological polar surface area (TPSA) is 46.5 Å². The van der Waals surface area contributed by atoms with Gasteiger partial charge in [0, 0.05) is 5.33 Å². The van der Waals surface area contributed by atoms with Gasteiger partial charge in [0.2, 0.25) is 0 Å². The lowest BCUT2D eigenvalue weighted by Gasteiger charge is -2.05. The highest BCUT2D eigenvalue weighted by Crippen LogP contribution is 1.98. The Morgan fingerprint density at radius 3 is 2.82 bits per heavy atom. The highest BCUT2D eigenvalue weighted by molar-refractivity contribution is 9.09. The van der Waals surface area contributed by atoms with Crippen LogP contribution >= 0.6 is 15.9 Å². The molecular formula is C7H13BrO3. The van der Waals surface area contributed by atoms with Crippen LogP contribution in [0.5, 0.6) is 0 Å². The Morgan fingerprint density at radius 2 is 2.36 bits per heavy atom. The minimum absolute atomic E-state index is 0.0747. The van der Waals surface area contributed by atoms with E-state index in [0.717, 1.165) is 6.42 Å². The molecule has 0 aliphatic carbocycles. The van der Waals surface area contributed by atoms with E-state index in [0.29, 0.717) is 11.9 Å². The predicted octanol–water partition coefficient (Wildman–Crippen LogP) is 1.09. The largest absolute Gasteiger partial charge is 0.466 e. The van der Waals surface area contributed by atoms with Crippen LogP contribution in [0.15, 0.2) is 0 Å². The van der Waals surface area contributed by atoms with Crippen molar-refractivity contribution in [3.05, 3.63) is 0 Å². The number of halogens is 1. The van der Waals surface area contributed by atoms with E-state index in [4.69, 9.17) is 9.84 Å². The first-order valence-electron chi connectivity index (χ1n) is 3.60. The molecule has 0 saturated heterocycles. The number of hydrogen-bond acceptors (Lipinski definition) is 3. The number of aliphatic hydroxyl groups is 1. The van der Waals surface area contributed by atoms with Gasteiger partial charge in [-0.15, -0.1) is 0 Å². The van der Waals surface area contributed by atoms with Crippen LogP contribution in [0.2, 0.25) is 0 Å². The molecule has 0 aromatic rings. The third kappa shape index (κ3) is 6.31. The summed E-state index contributed by atoms with van der Waals surface area (Å²) in [4.78, 5) is 10.8. The standard InChI is InChI=1S/C7H13BrO3/c1-2-3-11-7(10)4-6(9)5-8/h6,9H,2-5H2,1H3. The molecule has 0 saturated carbocycles. The Bertz CT molecular complexity index is 116. The van der Waals surface area contributed by atoms with Gasteiger partial charge in [-0.2, -0.15) is 0 Å². The van der Waals surface area contributed by atoms with Crippen molar-refractivity contribution < 1.29 is 14.6 Å². The number of rotatable bonds is 5. The third-order valence-electron chi connectivity index (χ3n) is 1.05. The lowest BCUT2D eigenvalue weighted by molar-refractivity contribution is -0.145. The summed E-state index contributed by atoms with van der Waals surface area (Å²) in [5.41, 5.74) is 0. The second kappa shape index (κ2) is 6.61. The zero-order valence-electron chi connectivity index (χ0n) is 6.55. The lowest BCUT2D eigenvalue weighted by atomic mass is 10.3. The van der Waals surface area contributed by atoms with Gasteiger partial charge in [0.15, 0.2) is 0 Å². The quantitative estimate of drug-likeness (QED) is 0.562. The van der Waals surface area contributed by atoms with Crippen LogP contribution in [-0.4, -0.2) is 29.1 Å². The second-order valence-electron chi connectivity index (χ2n) is 2.23. The van der Waals surface area contributed by atoms with Crippen LogP contribution in [0.4, 0.5) is 0 Å². The number of aliphatic hydroxyl groups excluding tert-OH is 1. The summed E-state index contributed by atoms with van der Waals surface area (Å²) in [5.74, 6) is -0.334. The Balaban J connectivity index is 3.36. The van der Waals surface area contributed by atoms with Gasteiger partial charge >= 0.3 is 5.97 Å². The molecule has 0 aromatic carbocycles. The molecule has 0 aliphatic rings. The zero-order valence-corrected chi connectivity index (χ0v) is 8.13. The molecule has 0 aromatic heterocycles. The van der Waals surface area contributed by atoms with Crippen LogP contribution in [0, 0.1) is 0 Å². The van der Waals surface area contributed by atoms with E-state index in [1.165, 1.54) is 0 Å². The maximum Gasteiger partial charge on any atom is 0.308 e. The minimum Gasteiger partial charge on any atom is -0.466 e. The SMILES string of the molecule is CCCOC(=O)CC(O)CBr. The van der Waals surface area contributed by atoms with Gasteiger partial charge in [0.1, 0.15) is 0 Å². The van der Waals surface area contributed by atoms with Gasteiger partial charge < -0.3 is 9.84 Å². The molecule has 4 heteroatoms. The number of ether oxygens (including phenoxy) is 1. The van der Waals surface area contributed by atoms with Crippen LogP contribution in [0.1, 0.15) is 19.8 Å². The smallest absolute Gasteiger partial charge is 0.308 e. The number of carbonyl (C=O) groups is 1. The number of carbonyl (C=O) groups excluding carboxylic acids is 1. The van der Waals surface area contributed by atoms with Crippen molar-refractivity contribution in [1.29, 1.82) is 0 Å². The summed E-state index contributed by atoms with van der Waals surface area (Å²) in [6.45, 7) is 2.36. The van der Waals surface area contributed by atoms with Gasteiger partial charge in [-0.3, -0.25) is 4.79 Å². The monoisotopic (exact) mass is 224 g/mol. The summed E-state index contributed by atoms with van der Waals surface area (Å²) >= 11 is 3.05. The van der Waals surface area contributed by atoms with Gasteiger partial charge in [0.05, 0.1) is 19.1 Å². The van der Waals surface area contributed by atoms with Crippen molar-refractivity contribution in [2.45, 2.75) is 25.9 Å².